The summed E-state index contributed by atoms with van der Waals surface area (Å²) in [5.74, 6) is 0.454. The van der Waals surface area contributed by atoms with Crippen LogP contribution in [0.1, 0.15) is 19.9 Å². The van der Waals surface area contributed by atoms with Crippen LogP contribution in [0.15, 0.2) is 61.6 Å². The molecule has 2 heterocycles. The van der Waals surface area contributed by atoms with Crippen LogP contribution in [0.25, 0.3) is 22.2 Å². The largest absolute Gasteiger partial charge is 0.494 e. The second kappa shape index (κ2) is 12.2. The Kier molecular flexibility index (Phi) is 8.69. The molecule has 0 atom stereocenters. The van der Waals surface area contributed by atoms with Gasteiger partial charge < -0.3 is 29.7 Å². The van der Waals surface area contributed by atoms with E-state index in [1.165, 1.54) is 24.5 Å². The van der Waals surface area contributed by atoms with Gasteiger partial charge in [-0.15, -0.1) is 0 Å². The molecule has 4 aromatic rings. The highest BCUT2D eigenvalue weighted by atomic mass is 19.1. The molecule has 40 heavy (non-hydrogen) atoms. The average molecular weight is 546 g/mol. The molecule has 1 amide bonds. The van der Waals surface area contributed by atoms with Crippen LogP contribution in [0.4, 0.5) is 27.3 Å². The van der Waals surface area contributed by atoms with Gasteiger partial charge in [-0.25, -0.2) is 14.4 Å². The number of aromatic nitrogens is 3. The van der Waals surface area contributed by atoms with Crippen molar-refractivity contribution >= 4 is 39.7 Å². The highest BCUT2D eigenvalue weighted by Crippen LogP contribution is 2.39. The molecule has 0 saturated heterocycles. The molecule has 2 aromatic heterocycles. The van der Waals surface area contributed by atoms with Crippen LogP contribution in [-0.4, -0.2) is 66.7 Å². The number of methoxy groups -OCH3 is 1. The van der Waals surface area contributed by atoms with Crippen molar-refractivity contribution in [1.82, 2.24) is 19.4 Å². The summed E-state index contributed by atoms with van der Waals surface area (Å²) < 4.78 is 22.0. The minimum absolute atomic E-state index is 0.184. The van der Waals surface area contributed by atoms with Crippen molar-refractivity contribution in [3.05, 3.63) is 67.4 Å². The van der Waals surface area contributed by atoms with E-state index in [1.807, 2.05) is 45.5 Å². The fourth-order valence-corrected chi connectivity index (χ4v) is 4.48. The maximum Gasteiger partial charge on any atom is 0.247 e. The fraction of sp³-hybridized carbons (Fsp3) is 0.300. The molecular weight excluding hydrogens is 509 g/mol. The normalized spacial score (nSPS) is 11.2. The molecule has 2 N–H and O–H groups in total. The molecule has 0 bridgehead atoms. The van der Waals surface area contributed by atoms with Gasteiger partial charge in [-0.2, -0.15) is 0 Å². The summed E-state index contributed by atoms with van der Waals surface area (Å²) >= 11 is 0. The number of carbonyl (C=O) groups excluding carboxylic acids is 1. The third-order valence-corrected chi connectivity index (χ3v) is 6.61. The van der Waals surface area contributed by atoms with Crippen LogP contribution in [0.3, 0.4) is 0 Å². The molecule has 4 rings (SSSR count). The highest BCUT2D eigenvalue weighted by Gasteiger charge is 2.18. The van der Waals surface area contributed by atoms with Gasteiger partial charge >= 0.3 is 0 Å². The zero-order valence-corrected chi connectivity index (χ0v) is 23.8. The molecule has 9 nitrogen and oxygen atoms in total. The SMILES string of the molecule is C=CC(=O)Nc1cc(Nc2cc(-c3cn(C(C)C)c4ccc(F)cc34)ncn2)c(OC)cc1N(C)CCN(C)C. The molecule has 210 valence electrons. The lowest BCUT2D eigenvalue weighted by Gasteiger charge is -2.26. The minimum atomic E-state index is -0.323. The number of halogens is 1. The molecule has 0 aliphatic rings. The van der Waals surface area contributed by atoms with Gasteiger partial charge in [-0.1, -0.05) is 6.58 Å². The average Bonchev–Trinajstić information content (AvgIpc) is 3.31. The van der Waals surface area contributed by atoms with Gasteiger partial charge in [0.25, 0.3) is 0 Å². The summed E-state index contributed by atoms with van der Waals surface area (Å²) in [6, 6.07) is 10.5. The van der Waals surface area contributed by atoms with Gasteiger partial charge in [0, 0.05) is 61.0 Å². The number of likely N-dealkylation sites (N-methyl/N-ethyl adjacent to an activating group) is 2. The molecule has 0 spiro atoms. The lowest BCUT2D eigenvalue weighted by atomic mass is 10.1. The topological polar surface area (TPSA) is 87.5 Å². The molecule has 0 unspecified atom stereocenters. The third-order valence-electron chi connectivity index (χ3n) is 6.61. The quantitative estimate of drug-likeness (QED) is 0.234. The van der Waals surface area contributed by atoms with Crippen molar-refractivity contribution in [2.45, 2.75) is 19.9 Å². The van der Waals surface area contributed by atoms with Crippen molar-refractivity contribution < 1.29 is 13.9 Å². The van der Waals surface area contributed by atoms with E-state index < -0.39 is 0 Å². The van der Waals surface area contributed by atoms with Crippen molar-refractivity contribution in [2.24, 2.45) is 0 Å². The van der Waals surface area contributed by atoms with E-state index in [-0.39, 0.29) is 17.8 Å². The third kappa shape index (κ3) is 6.23. The van der Waals surface area contributed by atoms with Crippen molar-refractivity contribution in [3.8, 4) is 17.0 Å². The van der Waals surface area contributed by atoms with Crippen LogP contribution in [-0.2, 0) is 4.79 Å². The zero-order chi connectivity index (χ0) is 29.0. The van der Waals surface area contributed by atoms with Gasteiger partial charge in [0.2, 0.25) is 5.91 Å². The second-order valence-corrected chi connectivity index (χ2v) is 10.1. The Morgan fingerprint density at radius 2 is 1.90 bits per heavy atom. The Hall–Kier alpha value is -4.44. The number of amides is 1. The van der Waals surface area contributed by atoms with E-state index in [0.717, 1.165) is 35.2 Å². The number of rotatable bonds is 11. The van der Waals surface area contributed by atoms with Crippen LogP contribution in [0.5, 0.6) is 5.75 Å². The number of anilines is 4. The molecule has 0 radical (unpaired) electrons. The Morgan fingerprint density at radius 1 is 1.12 bits per heavy atom. The summed E-state index contributed by atoms with van der Waals surface area (Å²) in [5.41, 5.74) is 4.37. The summed E-state index contributed by atoms with van der Waals surface area (Å²) in [7, 11) is 7.57. The summed E-state index contributed by atoms with van der Waals surface area (Å²) in [5, 5.41) is 6.99. The van der Waals surface area contributed by atoms with E-state index in [2.05, 4.69) is 55.4 Å². The van der Waals surface area contributed by atoms with Gasteiger partial charge in [0.15, 0.2) is 0 Å². The second-order valence-electron chi connectivity index (χ2n) is 10.1. The monoisotopic (exact) mass is 545 g/mol. The van der Waals surface area contributed by atoms with Crippen molar-refractivity contribution in [1.29, 1.82) is 0 Å². The number of hydrogen-bond acceptors (Lipinski definition) is 7. The summed E-state index contributed by atoms with van der Waals surface area (Å²) in [4.78, 5) is 25.3. The van der Waals surface area contributed by atoms with Crippen molar-refractivity contribution in [3.63, 3.8) is 0 Å². The number of hydrogen-bond donors (Lipinski definition) is 2. The summed E-state index contributed by atoms with van der Waals surface area (Å²) in [6.45, 7) is 9.30. The van der Waals surface area contributed by atoms with E-state index in [1.54, 1.807) is 13.2 Å². The number of carbonyl (C=O) groups is 1. The first-order valence-electron chi connectivity index (χ1n) is 13.0. The first-order chi connectivity index (χ1) is 19.1. The van der Waals surface area contributed by atoms with E-state index in [9.17, 15) is 9.18 Å². The molecule has 0 fully saturated rings. The van der Waals surface area contributed by atoms with Gasteiger partial charge in [0.1, 0.15) is 23.7 Å². The fourth-order valence-electron chi connectivity index (χ4n) is 4.48. The van der Waals surface area contributed by atoms with Crippen LogP contribution in [0, 0.1) is 5.82 Å². The molecule has 10 heteroatoms. The van der Waals surface area contributed by atoms with Crippen LogP contribution < -0.4 is 20.3 Å². The number of ether oxygens (including phenoxy) is 1. The smallest absolute Gasteiger partial charge is 0.247 e. The molecule has 0 aliphatic heterocycles. The predicted octanol–water partition coefficient (Wildman–Crippen LogP) is 5.69. The highest BCUT2D eigenvalue weighted by molar-refractivity contribution is 6.02. The van der Waals surface area contributed by atoms with E-state index in [4.69, 9.17) is 4.74 Å². The molecule has 0 aliphatic carbocycles. The number of nitrogens with one attached hydrogen (secondary N) is 2. The summed E-state index contributed by atoms with van der Waals surface area (Å²) in [6.07, 6.45) is 4.68. The maximum atomic E-state index is 14.2. The first-order valence-corrected chi connectivity index (χ1v) is 13.0. The Morgan fingerprint density at radius 3 is 2.58 bits per heavy atom. The first kappa shape index (κ1) is 28.6. The number of benzene rings is 2. The number of nitrogens with zero attached hydrogens (tertiary/aromatic N) is 5. The van der Waals surface area contributed by atoms with Gasteiger partial charge in [-0.3, -0.25) is 4.79 Å². The Bertz CT molecular complexity index is 1530. The van der Waals surface area contributed by atoms with Gasteiger partial charge in [-0.05, 0) is 58.3 Å². The molecular formula is C30H36FN7O2. The van der Waals surface area contributed by atoms with Crippen LogP contribution in [0.2, 0.25) is 0 Å². The minimum Gasteiger partial charge on any atom is -0.494 e. The molecule has 2 aromatic carbocycles. The van der Waals surface area contributed by atoms with Gasteiger partial charge in [0.05, 0.1) is 29.9 Å². The number of fused-ring (bicyclic) bond motifs is 1. The zero-order valence-electron chi connectivity index (χ0n) is 23.8. The lowest BCUT2D eigenvalue weighted by Crippen LogP contribution is -2.29. The van der Waals surface area contributed by atoms with Crippen molar-refractivity contribution in [2.75, 3.05) is 56.9 Å². The lowest BCUT2D eigenvalue weighted by molar-refractivity contribution is -0.111. The van der Waals surface area contributed by atoms with E-state index in [0.29, 0.717) is 28.6 Å². The van der Waals surface area contributed by atoms with E-state index >= 15 is 0 Å². The standard InChI is InChI=1S/C30H36FN7O2/c1-8-30(39)35-24-14-25(28(40-7)16-27(24)37(6)12-11-36(4)5)34-29-15-23(32-18-33-29)22-17-38(19(2)3)26-10-9-20(31)13-21(22)26/h8-10,13-19H,1,11-12H2,2-7H3,(H,35,39)(H,32,33,34). The Balaban J connectivity index is 1.74. The van der Waals surface area contributed by atoms with Crippen LogP contribution >= 0.6 is 0 Å². The maximum absolute atomic E-state index is 14.2. The predicted molar refractivity (Wildman–Crippen MR) is 160 cm³/mol. The Labute approximate surface area is 234 Å². The molecule has 0 saturated carbocycles.